The van der Waals surface area contributed by atoms with Crippen LogP contribution >= 0.6 is 11.6 Å². The number of benzene rings is 2. The van der Waals surface area contributed by atoms with Crippen LogP contribution < -0.4 is 10.1 Å². The van der Waals surface area contributed by atoms with Gasteiger partial charge in [0, 0.05) is 36.5 Å². The Kier molecular flexibility index (Phi) is 6.01. The molecule has 0 unspecified atom stereocenters. The van der Waals surface area contributed by atoms with E-state index in [1.54, 1.807) is 60.9 Å². The van der Waals surface area contributed by atoms with Gasteiger partial charge in [-0.25, -0.2) is 0 Å². The third-order valence-electron chi connectivity index (χ3n) is 4.18. The second-order valence-corrected chi connectivity index (χ2v) is 6.76. The lowest BCUT2D eigenvalue weighted by atomic mass is 10.2. The summed E-state index contributed by atoms with van der Waals surface area (Å²) in [6, 6.07) is 17.9. The van der Waals surface area contributed by atoms with E-state index in [4.69, 9.17) is 20.9 Å². The smallest absolute Gasteiger partial charge is 0.227 e. The van der Waals surface area contributed by atoms with Gasteiger partial charge in [-0.05, 0) is 48.5 Å². The maximum absolute atomic E-state index is 12.2. The zero-order chi connectivity index (χ0) is 20.8. The van der Waals surface area contributed by atoms with Crippen molar-refractivity contribution in [3.63, 3.8) is 0 Å². The molecule has 2 aromatic carbocycles. The van der Waals surface area contributed by atoms with Gasteiger partial charge in [0.05, 0.1) is 5.02 Å². The molecule has 30 heavy (non-hydrogen) atoms. The zero-order valence-corrected chi connectivity index (χ0v) is 16.5. The van der Waals surface area contributed by atoms with Crippen LogP contribution in [0.15, 0.2) is 77.6 Å². The fourth-order valence-corrected chi connectivity index (χ4v) is 2.85. The van der Waals surface area contributed by atoms with Crippen LogP contribution in [0.2, 0.25) is 5.02 Å². The molecule has 0 fully saturated rings. The molecule has 0 saturated heterocycles. The number of aromatic nitrogens is 3. The monoisotopic (exact) mass is 420 g/mol. The van der Waals surface area contributed by atoms with Gasteiger partial charge < -0.3 is 14.6 Å². The van der Waals surface area contributed by atoms with E-state index in [1.165, 1.54) is 0 Å². The first-order chi connectivity index (χ1) is 14.7. The minimum atomic E-state index is -0.154. The lowest BCUT2D eigenvalue weighted by Gasteiger charge is -2.09. The summed E-state index contributed by atoms with van der Waals surface area (Å²) in [5.41, 5.74) is 1.47. The molecule has 2 heterocycles. The van der Waals surface area contributed by atoms with E-state index in [2.05, 4.69) is 20.4 Å². The topological polar surface area (TPSA) is 90.1 Å². The highest BCUT2D eigenvalue weighted by Crippen LogP contribution is 2.29. The minimum absolute atomic E-state index is 0.154. The van der Waals surface area contributed by atoms with Crippen LogP contribution in [0.3, 0.4) is 0 Å². The largest absolute Gasteiger partial charge is 0.456 e. The van der Waals surface area contributed by atoms with Crippen molar-refractivity contribution in [1.82, 2.24) is 15.1 Å². The maximum Gasteiger partial charge on any atom is 0.227 e. The highest BCUT2D eigenvalue weighted by Gasteiger charge is 2.11. The highest BCUT2D eigenvalue weighted by molar-refractivity contribution is 6.32. The molecule has 0 aliphatic heterocycles. The molecule has 0 saturated carbocycles. The van der Waals surface area contributed by atoms with Crippen molar-refractivity contribution < 1.29 is 14.1 Å². The number of nitrogens with one attached hydrogen (secondary N) is 1. The number of halogens is 1. The number of hydrogen-bond donors (Lipinski definition) is 1. The summed E-state index contributed by atoms with van der Waals surface area (Å²) in [6.07, 6.45) is 3.88. The molecule has 1 N–H and O–H groups in total. The summed E-state index contributed by atoms with van der Waals surface area (Å²) >= 11 is 6.09. The molecule has 0 aliphatic carbocycles. The Morgan fingerprint density at radius 2 is 1.80 bits per heavy atom. The normalized spacial score (nSPS) is 10.6. The third-order valence-corrected chi connectivity index (χ3v) is 4.49. The summed E-state index contributed by atoms with van der Waals surface area (Å²) in [6.45, 7) is 0. The Morgan fingerprint density at radius 3 is 2.57 bits per heavy atom. The van der Waals surface area contributed by atoms with Crippen LogP contribution in [0.4, 0.5) is 5.69 Å². The molecule has 4 rings (SSSR count). The molecular weight excluding hydrogens is 404 g/mol. The number of ether oxygens (including phenoxy) is 1. The van der Waals surface area contributed by atoms with Crippen molar-refractivity contribution in [2.75, 3.05) is 5.32 Å². The van der Waals surface area contributed by atoms with Crippen LogP contribution in [0, 0.1) is 0 Å². The number of carbonyl (C=O) groups excluding carboxylic acids is 1. The number of pyridine rings is 1. The summed E-state index contributed by atoms with van der Waals surface area (Å²) in [7, 11) is 0. The molecule has 8 heteroatoms. The Morgan fingerprint density at radius 1 is 1.03 bits per heavy atom. The van der Waals surface area contributed by atoms with Gasteiger partial charge in [0.1, 0.15) is 11.5 Å². The number of aryl methyl sites for hydroxylation is 1. The van der Waals surface area contributed by atoms with E-state index in [0.717, 1.165) is 5.56 Å². The van der Waals surface area contributed by atoms with Crippen LogP contribution in [-0.4, -0.2) is 21.0 Å². The number of nitrogens with zero attached hydrogens (tertiary/aromatic N) is 3. The lowest BCUT2D eigenvalue weighted by molar-refractivity contribution is -0.116. The number of hydrogen-bond acceptors (Lipinski definition) is 6. The van der Waals surface area contributed by atoms with Gasteiger partial charge in [0.2, 0.25) is 17.6 Å². The molecule has 0 aliphatic rings. The number of para-hydroxylation sites is 1. The third kappa shape index (κ3) is 5.01. The van der Waals surface area contributed by atoms with Crippen LogP contribution in [-0.2, 0) is 11.2 Å². The van der Waals surface area contributed by atoms with Crippen molar-refractivity contribution in [2.45, 2.75) is 12.8 Å². The van der Waals surface area contributed by atoms with Crippen molar-refractivity contribution >= 4 is 23.2 Å². The van der Waals surface area contributed by atoms with E-state index in [1.807, 2.05) is 12.1 Å². The SMILES string of the molecule is O=C(CCc1nc(-c2ccncc2)no1)Nc1ccc(Oc2ccccc2Cl)cc1. The molecule has 1 amide bonds. The first kappa shape index (κ1) is 19.6. The number of amides is 1. The maximum atomic E-state index is 12.2. The van der Waals surface area contributed by atoms with E-state index < -0.39 is 0 Å². The Labute approximate surface area is 177 Å². The van der Waals surface area contributed by atoms with Gasteiger partial charge in [-0.3, -0.25) is 9.78 Å². The predicted molar refractivity (Wildman–Crippen MR) is 112 cm³/mol. The standard InChI is InChI=1S/C22H17ClN4O3/c23-18-3-1-2-4-19(18)29-17-7-5-16(6-8-17)25-20(28)9-10-21-26-22(27-30-21)15-11-13-24-14-12-15/h1-8,11-14H,9-10H2,(H,25,28). The van der Waals surface area contributed by atoms with Gasteiger partial charge in [-0.1, -0.05) is 28.9 Å². The second-order valence-electron chi connectivity index (χ2n) is 6.35. The molecule has 4 aromatic rings. The summed E-state index contributed by atoms with van der Waals surface area (Å²) in [5, 5.41) is 7.29. The zero-order valence-electron chi connectivity index (χ0n) is 15.8. The molecule has 7 nitrogen and oxygen atoms in total. The molecular formula is C22H17ClN4O3. The first-order valence-corrected chi connectivity index (χ1v) is 9.60. The van der Waals surface area contributed by atoms with Gasteiger partial charge in [0.25, 0.3) is 0 Å². The Bertz CT molecular complexity index is 1130. The van der Waals surface area contributed by atoms with Crippen LogP contribution in [0.1, 0.15) is 12.3 Å². The lowest BCUT2D eigenvalue weighted by Crippen LogP contribution is -2.12. The fourth-order valence-electron chi connectivity index (χ4n) is 2.68. The summed E-state index contributed by atoms with van der Waals surface area (Å²) < 4.78 is 10.9. The Hall–Kier alpha value is -3.71. The van der Waals surface area contributed by atoms with Crippen LogP contribution in [0.5, 0.6) is 11.5 Å². The summed E-state index contributed by atoms with van der Waals surface area (Å²) in [4.78, 5) is 20.5. The van der Waals surface area contributed by atoms with Crippen molar-refractivity contribution in [2.24, 2.45) is 0 Å². The van der Waals surface area contributed by atoms with E-state index in [9.17, 15) is 4.79 Å². The van der Waals surface area contributed by atoms with E-state index in [-0.39, 0.29) is 12.3 Å². The number of anilines is 1. The van der Waals surface area contributed by atoms with Gasteiger partial charge in [0.15, 0.2) is 0 Å². The van der Waals surface area contributed by atoms with Gasteiger partial charge in [-0.2, -0.15) is 4.98 Å². The van der Waals surface area contributed by atoms with Gasteiger partial charge >= 0.3 is 0 Å². The number of carbonyl (C=O) groups is 1. The number of rotatable bonds is 7. The van der Waals surface area contributed by atoms with Crippen molar-refractivity contribution in [3.8, 4) is 22.9 Å². The fraction of sp³-hybridized carbons (Fsp3) is 0.0909. The second kappa shape index (κ2) is 9.19. The van der Waals surface area contributed by atoms with Crippen molar-refractivity contribution in [3.05, 3.63) is 84.0 Å². The molecule has 0 atom stereocenters. The molecule has 0 bridgehead atoms. The molecule has 0 radical (unpaired) electrons. The Balaban J connectivity index is 1.29. The van der Waals surface area contributed by atoms with Gasteiger partial charge in [-0.15, -0.1) is 0 Å². The minimum Gasteiger partial charge on any atom is -0.456 e. The molecule has 2 aromatic heterocycles. The average molecular weight is 421 g/mol. The molecule has 0 spiro atoms. The van der Waals surface area contributed by atoms with E-state index >= 15 is 0 Å². The predicted octanol–water partition coefficient (Wildman–Crippen LogP) is 5.15. The van der Waals surface area contributed by atoms with E-state index in [0.29, 0.717) is 40.3 Å². The van der Waals surface area contributed by atoms with Crippen molar-refractivity contribution in [1.29, 1.82) is 0 Å². The molecule has 150 valence electrons. The van der Waals surface area contributed by atoms with Crippen LogP contribution in [0.25, 0.3) is 11.4 Å². The highest BCUT2D eigenvalue weighted by atomic mass is 35.5. The first-order valence-electron chi connectivity index (χ1n) is 9.23. The quantitative estimate of drug-likeness (QED) is 0.444. The summed E-state index contributed by atoms with van der Waals surface area (Å²) in [5.74, 6) is 1.91. The average Bonchev–Trinajstić information content (AvgIpc) is 3.25.